The second kappa shape index (κ2) is 9.35. The quantitative estimate of drug-likeness (QED) is 0.205. The van der Waals surface area contributed by atoms with E-state index in [1.165, 1.54) is 55.4 Å². The van der Waals surface area contributed by atoms with Gasteiger partial charge in [-0.1, -0.05) is 91.0 Å². The molecule has 45 heavy (non-hydrogen) atoms. The summed E-state index contributed by atoms with van der Waals surface area (Å²) in [4.78, 5) is 0. The molecule has 1 unspecified atom stereocenters. The van der Waals surface area contributed by atoms with Crippen LogP contribution < -0.4 is 0 Å². The van der Waals surface area contributed by atoms with Crippen LogP contribution in [0.5, 0.6) is 0 Å². The fourth-order valence-electron chi connectivity index (χ4n) is 7.70. The number of allylic oxidation sites excluding steroid dienone is 1. The Bertz CT molecular complexity index is 2630. The first-order chi connectivity index (χ1) is 22.3. The minimum absolute atomic E-state index is 0.280. The van der Waals surface area contributed by atoms with Crippen molar-refractivity contribution in [2.75, 3.05) is 0 Å². The number of para-hydroxylation sites is 4. The summed E-state index contributed by atoms with van der Waals surface area (Å²) in [5, 5.41) is 6.02. The third-order valence-corrected chi connectivity index (χ3v) is 9.68. The molecule has 0 aliphatic heterocycles. The number of hydrogen-bond donors (Lipinski definition) is 0. The Kier molecular flexibility index (Phi) is 5.11. The van der Waals surface area contributed by atoms with Gasteiger partial charge in [0.25, 0.3) is 0 Å². The highest BCUT2D eigenvalue weighted by Crippen LogP contribution is 2.42. The second-order valence-electron chi connectivity index (χ2n) is 12.1. The van der Waals surface area contributed by atoms with Gasteiger partial charge in [0.2, 0.25) is 0 Å². The van der Waals surface area contributed by atoms with Crippen molar-refractivity contribution in [1.82, 2.24) is 9.13 Å². The van der Waals surface area contributed by atoms with E-state index in [0.29, 0.717) is 0 Å². The van der Waals surface area contributed by atoms with Gasteiger partial charge in [0.05, 0.1) is 21.9 Å². The smallest absolute Gasteiger partial charge is 0.145 e. The van der Waals surface area contributed by atoms with Gasteiger partial charge in [-0.25, -0.2) is 0 Å². The molecule has 0 amide bonds. The number of nitrogens with zero attached hydrogens (tertiary/aromatic N) is 2. The van der Waals surface area contributed by atoms with Gasteiger partial charge in [0.1, 0.15) is 11.2 Å². The van der Waals surface area contributed by atoms with Crippen molar-refractivity contribution < 1.29 is 4.42 Å². The maximum Gasteiger partial charge on any atom is 0.145 e. The molecule has 0 fully saturated rings. The summed E-state index contributed by atoms with van der Waals surface area (Å²) in [5.74, 6) is 0.280. The highest BCUT2D eigenvalue weighted by atomic mass is 16.3. The van der Waals surface area contributed by atoms with E-state index < -0.39 is 0 Å². The highest BCUT2D eigenvalue weighted by molar-refractivity contribution is 6.23. The zero-order chi connectivity index (χ0) is 29.5. The molecule has 1 aliphatic carbocycles. The molecule has 1 atom stereocenters. The van der Waals surface area contributed by atoms with E-state index in [0.717, 1.165) is 33.9 Å². The fourth-order valence-corrected chi connectivity index (χ4v) is 7.70. The molecule has 3 heterocycles. The van der Waals surface area contributed by atoms with Crippen LogP contribution in [-0.2, 0) is 6.42 Å². The van der Waals surface area contributed by atoms with Gasteiger partial charge >= 0.3 is 0 Å². The minimum Gasteiger partial charge on any atom is -0.455 e. The van der Waals surface area contributed by atoms with Crippen molar-refractivity contribution in [3.8, 4) is 11.4 Å². The molecule has 0 N–H and O–H groups in total. The van der Waals surface area contributed by atoms with Crippen LogP contribution in [0, 0.1) is 0 Å². The lowest BCUT2D eigenvalue weighted by Gasteiger charge is -2.20. The van der Waals surface area contributed by atoms with Crippen LogP contribution in [0.1, 0.15) is 22.7 Å². The van der Waals surface area contributed by atoms with Crippen LogP contribution in [0.3, 0.4) is 0 Å². The molecule has 0 saturated heterocycles. The van der Waals surface area contributed by atoms with Crippen molar-refractivity contribution in [3.63, 3.8) is 0 Å². The van der Waals surface area contributed by atoms with E-state index in [1.807, 2.05) is 6.07 Å². The van der Waals surface area contributed by atoms with Gasteiger partial charge in [-0.15, -0.1) is 0 Å². The molecule has 0 radical (unpaired) electrons. The molecule has 10 rings (SSSR count). The Morgan fingerprint density at radius 3 is 2.11 bits per heavy atom. The molecule has 3 heteroatoms. The second-order valence-corrected chi connectivity index (χ2v) is 12.1. The van der Waals surface area contributed by atoms with Crippen molar-refractivity contribution in [2.45, 2.75) is 12.3 Å². The Morgan fingerprint density at radius 1 is 0.533 bits per heavy atom. The van der Waals surface area contributed by atoms with Gasteiger partial charge in [0.15, 0.2) is 0 Å². The molecular formula is C42H28N2O. The lowest BCUT2D eigenvalue weighted by molar-refractivity contribution is 0.673. The Balaban J connectivity index is 1.13. The lowest BCUT2D eigenvalue weighted by atomic mass is 9.86. The molecule has 3 aromatic heterocycles. The molecule has 3 nitrogen and oxygen atoms in total. The van der Waals surface area contributed by atoms with Crippen LogP contribution in [-0.4, -0.2) is 9.13 Å². The Morgan fingerprint density at radius 2 is 1.24 bits per heavy atom. The number of aromatic nitrogens is 2. The minimum atomic E-state index is 0.280. The lowest BCUT2D eigenvalue weighted by Crippen LogP contribution is -2.08. The average molecular weight is 577 g/mol. The summed E-state index contributed by atoms with van der Waals surface area (Å²) >= 11 is 0. The number of benzene rings is 6. The summed E-state index contributed by atoms with van der Waals surface area (Å²) in [5.41, 5.74) is 11.9. The molecule has 0 spiro atoms. The predicted molar refractivity (Wildman–Crippen MR) is 187 cm³/mol. The van der Waals surface area contributed by atoms with E-state index in [4.69, 9.17) is 4.42 Å². The first-order valence-corrected chi connectivity index (χ1v) is 15.6. The number of furan rings is 1. The van der Waals surface area contributed by atoms with Gasteiger partial charge in [-0.3, -0.25) is 0 Å². The molecule has 212 valence electrons. The molecule has 0 bridgehead atoms. The van der Waals surface area contributed by atoms with Crippen LogP contribution >= 0.6 is 0 Å². The summed E-state index contributed by atoms with van der Waals surface area (Å²) in [6.45, 7) is 0. The Labute approximate surface area is 259 Å². The first kappa shape index (κ1) is 24.6. The molecule has 1 aliphatic rings. The summed E-state index contributed by atoms with van der Waals surface area (Å²) in [6, 6.07) is 50.1. The Hall–Kier alpha value is -5.80. The van der Waals surface area contributed by atoms with Crippen molar-refractivity contribution >= 4 is 60.7 Å². The predicted octanol–water partition coefficient (Wildman–Crippen LogP) is 11.0. The van der Waals surface area contributed by atoms with Crippen molar-refractivity contribution in [2.24, 2.45) is 0 Å². The van der Waals surface area contributed by atoms with Gasteiger partial charge in [-0.2, -0.15) is 0 Å². The van der Waals surface area contributed by atoms with E-state index in [1.54, 1.807) is 0 Å². The van der Waals surface area contributed by atoms with Crippen LogP contribution in [0.25, 0.3) is 72.1 Å². The summed E-state index contributed by atoms with van der Waals surface area (Å²) in [7, 11) is 0. The first-order valence-electron chi connectivity index (χ1n) is 15.6. The normalized spacial score (nSPS) is 14.7. The molecular weight excluding hydrogens is 548 g/mol. The largest absolute Gasteiger partial charge is 0.455 e. The standard InChI is InChI=1S/C42H28N2O/c1-2-12-29(13-3-1)43-36-18-7-4-15-31(36)35-26-28(21-23-38(35)43)27-11-10-14-30(25-27)44-37-19-8-5-17-34(37)41-39(44)24-22-33-32-16-6-9-20-40(32)45-42(33)41/h1-25,28H,26H2. The molecule has 9 aromatic rings. The number of fused-ring (bicyclic) bond motifs is 10. The molecule has 0 saturated carbocycles. The monoisotopic (exact) mass is 576 g/mol. The van der Waals surface area contributed by atoms with E-state index in [2.05, 4.69) is 155 Å². The molecule has 6 aromatic carbocycles. The SMILES string of the molecule is C1=CC(c2cccc(-n3c4ccccc4c4c5oc6ccccc6c5ccc43)c2)Cc2c1n(-c1ccccc1)c1ccccc21. The third kappa shape index (κ3) is 3.52. The maximum atomic E-state index is 6.52. The average Bonchev–Trinajstić information content (AvgIpc) is 3.76. The van der Waals surface area contributed by atoms with Crippen LogP contribution in [0.2, 0.25) is 0 Å². The van der Waals surface area contributed by atoms with Gasteiger partial charge in [0, 0.05) is 44.5 Å². The highest BCUT2D eigenvalue weighted by Gasteiger charge is 2.24. The zero-order valence-electron chi connectivity index (χ0n) is 24.5. The van der Waals surface area contributed by atoms with Crippen LogP contribution in [0.15, 0.2) is 150 Å². The van der Waals surface area contributed by atoms with Gasteiger partial charge in [-0.05, 0) is 78.2 Å². The van der Waals surface area contributed by atoms with E-state index in [-0.39, 0.29) is 5.92 Å². The van der Waals surface area contributed by atoms with E-state index in [9.17, 15) is 0 Å². The fraction of sp³-hybridized carbons (Fsp3) is 0.0476. The third-order valence-electron chi connectivity index (χ3n) is 9.68. The van der Waals surface area contributed by atoms with Crippen LogP contribution in [0.4, 0.5) is 0 Å². The summed E-state index contributed by atoms with van der Waals surface area (Å²) in [6.07, 6.45) is 5.69. The topological polar surface area (TPSA) is 23.0 Å². The van der Waals surface area contributed by atoms with Gasteiger partial charge < -0.3 is 13.6 Å². The van der Waals surface area contributed by atoms with Crippen molar-refractivity contribution in [3.05, 3.63) is 162 Å². The number of rotatable bonds is 3. The maximum absolute atomic E-state index is 6.52. The summed E-state index contributed by atoms with van der Waals surface area (Å²) < 4.78 is 11.3. The zero-order valence-corrected chi connectivity index (χ0v) is 24.5. The van der Waals surface area contributed by atoms with Crippen molar-refractivity contribution in [1.29, 1.82) is 0 Å². The van der Waals surface area contributed by atoms with E-state index >= 15 is 0 Å². The number of hydrogen-bond acceptors (Lipinski definition) is 1.